The van der Waals surface area contributed by atoms with E-state index in [1.165, 1.54) is 0 Å². The van der Waals surface area contributed by atoms with Gasteiger partial charge in [0.1, 0.15) is 0 Å². The normalized spacial score (nSPS) is 10.4. The molecule has 0 spiro atoms. The van der Waals surface area contributed by atoms with Crippen molar-refractivity contribution in [2.75, 3.05) is 11.1 Å². The Kier molecular flexibility index (Phi) is 5.12. The fourth-order valence-electron chi connectivity index (χ4n) is 1.54. The van der Waals surface area contributed by atoms with Gasteiger partial charge in [-0.3, -0.25) is 4.79 Å². The van der Waals surface area contributed by atoms with Crippen molar-refractivity contribution >= 4 is 76.7 Å². The van der Waals surface area contributed by atoms with E-state index in [-0.39, 0.29) is 5.91 Å². The highest BCUT2D eigenvalue weighted by atomic mass is 79.9. The van der Waals surface area contributed by atoms with Gasteiger partial charge in [-0.25, -0.2) is 0 Å². The highest BCUT2D eigenvalue weighted by Crippen LogP contribution is 2.34. The number of amides is 1. The van der Waals surface area contributed by atoms with E-state index < -0.39 is 0 Å². The van der Waals surface area contributed by atoms with E-state index in [9.17, 15) is 4.79 Å². The van der Waals surface area contributed by atoms with Gasteiger partial charge in [0.25, 0.3) is 5.91 Å². The molecule has 104 valence electrons. The Morgan fingerprint density at radius 3 is 2.20 bits per heavy atom. The smallest absolute Gasteiger partial charge is 0.255 e. The van der Waals surface area contributed by atoms with Gasteiger partial charge >= 0.3 is 0 Å². The van der Waals surface area contributed by atoms with Crippen LogP contribution in [-0.2, 0) is 0 Å². The zero-order valence-corrected chi connectivity index (χ0v) is 15.4. The summed E-state index contributed by atoms with van der Waals surface area (Å²) in [6.07, 6.45) is 0. The quantitative estimate of drug-likeness (QED) is 0.558. The zero-order valence-electron chi connectivity index (χ0n) is 9.88. The molecule has 1 amide bonds. The number of nitrogens with two attached hydrogens (primary N) is 1. The average Bonchev–Trinajstić information content (AvgIpc) is 2.36. The summed E-state index contributed by atoms with van der Waals surface area (Å²) in [5.74, 6) is -0.259. The fourth-order valence-corrected chi connectivity index (χ4v) is 3.38. The Morgan fingerprint density at radius 2 is 1.65 bits per heavy atom. The maximum absolute atomic E-state index is 12.2. The number of anilines is 2. The molecule has 7 heteroatoms. The van der Waals surface area contributed by atoms with Crippen molar-refractivity contribution in [1.29, 1.82) is 0 Å². The summed E-state index contributed by atoms with van der Waals surface area (Å²) >= 11 is 16.0. The van der Waals surface area contributed by atoms with Gasteiger partial charge in [-0.1, -0.05) is 11.6 Å². The number of nitrogens with one attached hydrogen (secondary N) is 1. The third-order valence-corrected chi connectivity index (χ3v) is 4.97. The number of hydrogen-bond acceptors (Lipinski definition) is 2. The minimum Gasteiger partial charge on any atom is -0.399 e. The van der Waals surface area contributed by atoms with Crippen LogP contribution in [0.3, 0.4) is 0 Å². The van der Waals surface area contributed by atoms with Gasteiger partial charge in [-0.15, -0.1) is 0 Å². The van der Waals surface area contributed by atoms with E-state index >= 15 is 0 Å². The first-order valence-electron chi connectivity index (χ1n) is 5.39. The lowest BCUT2D eigenvalue weighted by Crippen LogP contribution is -2.13. The van der Waals surface area contributed by atoms with Gasteiger partial charge in [0.15, 0.2) is 0 Å². The molecule has 0 bridgehead atoms. The summed E-state index contributed by atoms with van der Waals surface area (Å²) in [4.78, 5) is 12.2. The summed E-state index contributed by atoms with van der Waals surface area (Å²) in [7, 11) is 0. The molecule has 0 saturated heterocycles. The van der Waals surface area contributed by atoms with Crippen LogP contribution < -0.4 is 11.1 Å². The fraction of sp³-hybridized carbons (Fsp3) is 0. The van der Waals surface area contributed by atoms with Crippen LogP contribution >= 0.6 is 59.4 Å². The highest BCUT2D eigenvalue weighted by molar-refractivity contribution is 9.11. The van der Waals surface area contributed by atoms with Crippen molar-refractivity contribution in [3.05, 3.63) is 54.3 Å². The number of carbonyl (C=O) groups is 1. The molecule has 0 aliphatic rings. The van der Waals surface area contributed by atoms with Gasteiger partial charge in [0.05, 0.1) is 10.7 Å². The molecule has 0 radical (unpaired) electrons. The minimum atomic E-state index is -0.259. The largest absolute Gasteiger partial charge is 0.399 e. The van der Waals surface area contributed by atoms with Crippen LogP contribution in [0.15, 0.2) is 43.7 Å². The maximum atomic E-state index is 12.2. The molecular formula is C13H8Br3ClN2O. The molecule has 0 aromatic heterocycles. The second kappa shape index (κ2) is 6.47. The van der Waals surface area contributed by atoms with Crippen LogP contribution in [0.4, 0.5) is 11.4 Å². The van der Waals surface area contributed by atoms with Crippen molar-refractivity contribution in [2.45, 2.75) is 0 Å². The molecule has 20 heavy (non-hydrogen) atoms. The molecule has 2 aromatic rings. The number of rotatable bonds is 2. The van der Waals surface area contributed by atoms with Crippen molar-refractivity contribution in [1.82, 2.24) is 0 Å². The van der Waals surface area contributed by atoms with Gasteiger partial charge in [0, 0.05) is 24.7 Å². The molecule has 0 saturated carbocycles. The highest BCUT2D eigenvalue weighted by Gasteiger charge is 2.13. The molecule has 2 aromatic carbocycles. The summed E-state index contributed by atoms with van der Waals surface area (Å²) in [6, 6.07) is 8.44. The lowest BCUT2D eigenvalue weighted by molar-refractivity contribution is 0.102. The van der Waals surface area contributed by atoms with Crippen LogP contribution in [0, 0.1) is 0 Å². The lowest BCUT2D eigenvalue weighted by atomic mass is 10.2. The molecule has 0 aliphatic carbocycles. The van der Waals surface area contributed by atoms with Crippen molar-refractivity contribution in [2.24, 2.45) is 0 Å². The molecule has 0 aliphatic heterocycles. The number of halogens is 4. The predicted molar refractivity (Wildman–Crippen MR) is 93.4 cm³/mol. The number of hydrogen-bond donors (Lipinski definition) is 2. The van der Waals surface area contributed by atoms with Crippen LogP contribution in [0.25, 0.3) is 0 Å². The first kappa shape index (κ1) is 15.8. The van der Waals surface area contributed by atoms with Crippen molar-refractivity contribution < 1.29 is 4.79 Å². The third kappa shape index (κ3) is 3.55. The van der Waals surface area contributed by atoms with Gasteiger partial charge in [-0.2, -0.15) is 0 Å². The molecular weight excluding hydrogens is 475 g/mol. The first-order valence-corrected chi connectivity index (χ1v) is 8.15. The zero-order chi connectivity index (χ0) is 14.9. The summed E-state index contributed by atoms with van der Waals surface area (Å²) < 4.78 is 2.13. The predicted octanol–water partition coefficient (Wildman–Crippen LogP) is 5.46. The Balaban J connectivity index is 2.30. The second-order valence-electron chi connectivity index (χ2n) is 3.94. The van der Waals surface area contributed by atoms with Gasteiger partial charge in [0.2, 0.25) is 0 Å². The Labute approximate surface area is 146 Å². The number of benzene rings is 2. The van der Waals surface area contributed by atoms with E-state index in [2.05, 4.69) is 53.1 Å². The summed E-state index contributed by atoms with van der Waals surface area (Å²) in [5.41, 5.74) is 7.38. The number of carbonyl (C=O) groups excluding carboxylic acids is 1. The average molecular weight is 483 g/mol. The Bertz CT molecular complexity index is 668. The van der Waals surface area contributed by atoms with Crippen LogP contribution in [0.5, 0.6) is 0 Å². The third-order valence-electron chi connectivity index (χ3n) is 2.48. The monoisotopic (exact) mass is 480 g/mol. The molecule has 0 fully saturated rings. The standard InChI is InChI=1S/C13H8Br3ClN2O/c14-8-2-1-6(3-11(8)17)13(20)19-12-9(15)4-7(18)5-10(12)16/h1-5H,18H2,(H,19,20). The van der Waals surface area contributed by atoms with Crippen molar-refractivity contribution in [3.8, 4) is 0 Å². The van der Waals surface area contributed by atoms with Crippen LogP contribution in [0.1, 0.15) is 10.4 Å². The number of nitrogen functional groups attached to an aromatic ring is 1. The SMILES string of the molecule is Nc1cc(Br)c(NC(=O)c2ccc(Br)c(Cl)c2)c(Br)c1. The van der Waals surface area contributed by atoms with Crippen LogP contribution in [-0.4, -0.2) is 5.91 Å². The molecule has 0 atom stereocenters. The molecule has 0 unspecified atom stereocenters. The maximum Gasteiger partial charge on any atom is 0.255 e. The van der Waals surface area contributed by atoms with E-state index in [0.717, 1.165) is 4.47 Å². The molecule has 3 nitrogen and oxygen atoms in total. The summed E-state index contributed by atoms with van der Waals surface area (Å²) in [6.45, 7) is 0. The molecule has 0 heterocycles. The van der Waals surface area contributed by atoms with Gasteiger partial charge in [-0.05, 0) is 78.1 Å². The van der Waals surface area contributed by atoms with Crippen molar-refractivity contribution in [3.63, 3.8) is 0 Å². The molecule has 2 rings (SSSR count). The van der Waals surface area contributed by atoms with E-state index in [1.807, 2.05) is 0 Å². The Hall–Kier alpha value is -0.560. The summed E-state index contributed by atoms with van der Waals surface area (Å²) in [5, 5.41) is 3.29. The topological polar surface area (TPSA) is 55.1 Å². The first-order chi connectivity index (χ1) is 9.38. The van der Waals surface area contributed by atoms with E-state index in [4.69, 9.17) is 17.3 Å². The lowest BCUT2D eigenvalue weighted by Gasteiger charge is -2.11. The van der Waals surface area contributed by atoms with Crippen LogP contribution in [0.2, 0.25) is 5.02 Å². The van der Waals surface area contributed by atoms with E-state index in [0.29, 0.717) is 30.9 Å². The molecule has 3 N–H and O–H groups in total. The Morgan fingerprint density at radius 1 is 1.05 bits per heavy atom. The van der Waals surface area contributed by atoms with E-state index in [1.54, 1.807) is 30.3 Å². The van der Waals surface area contributed by atoms with Gasteiger partial charge < -0.3 is 11.1 Å². The second-order valence-corrected chi connectivity index (χ2v) is 6.91. The minimum absolute atomic E-state index is 0.259.